The third kappa shape index (κ3) is 2.86. The number of hydrogen-bond acceptors (Lipinski definition) is 4. The summed E-state index contributed by atoms with van der Waals surface area (Å²) in [4.78, 5) is 15.5. The van der Waals surface area contributed by atoms with Gasteiger partial charge in [-0.15, -0.1) is 0 Å². The Morgan fingerprint density at radius 1 is 1.00 bits per heavy atom. The molecule has 0 saturated heterocycles. The molecule has 1 amide bonds. The second-order valence-electron chi connectivity index (χ2n) is 7.89. The van der Waals surface area contributed by atoms with Crippen LogP contribution >= 0.6 is 0 Å². The van der Waals surface area contributed by atoms with Crippen molar-refractivity contribution in [2.75, 3.05) is 14.2 Å². The van der Waals surface area contributed by atoms with E-state index in [4.69, 9.17) is 9.47 Å². The number of nitrogens with zero attached hydrogens (tertiary/aromatic N) is 2. The molecule has 6 heteroatoms. The topological polar surface area (TPSA) is 67.5 Å². The first-order chi connectivity index (χ1) is 14.7. The van der Waals surface area contributed by atoms with Crippen molar-refractivity contribution in [1.82, 2.24) is 15.1 Å². The summed E-state index contributed by atoms with van der Waals surface area (Å²) in [5, 5.41) is 7.58. The Bertz CT molecular complexity index is 1070. The maximum Gasteiger partial charge on any atom is 0.273 e. The number of hydrogen-bond donors (Lipinski definition) is 1. The third-order valence-electron chi connectivity index (χ3n) is 6.29. The molecule has 1 aromatic heterocycles. The van der Waals surface area contributed by atoms with Gasteiger partial charge in [-0.1, -0.05) is 49.2 Å². The smallest absolute Gasteiger partial charge is 0.273 e. The van der Waals surface area contributed by atoms with E-state index in [1.165, 1.54) is 0 Å². The fraction of sp³-hybridized carbons (Fsp3) is 0.333. The average Bonchev–Trinajstić information content (AvgIpc) is 3.51. The Balaban J connectivity index is 1.68. The maximum absolute atomic E-state index is 13.5. The van der Waals surface area contributed by atoms with E-state index in [-0.39, 0.29) is 18.0 Å². The maximum atomic E-state index is 13.5. The normalized spacial score (nSPS) is 18.7. The van der Waals surface area contributed by atoms with E-state index >= 15 is 0 Å². The summed E-state index contributed by atoms with van der Waals surface area (Å²) < 4.78 is 11.0. The van der Waals surface area contributed by atoms with E-state index in [1.54, 1.807) is 14.2 Å². The summed E-state index contributed by atoms with van der Waals surface area (Å²) in [6, 6.07) is 16.0. The Labute approximate surface area is 175 Å². The predicted molar refractivity (Wildman–Crippen MR) is 114 cm³/mol. The van der Waals surface area contributed by atoms with E-state index in [0.717, 1.165) is 48.1 Å². The van der Waals surface area contributed by atoms with E-state index in [9.17, 15) is 4.79 Å². The first-order valence-corrected chi connectivity index (χ1v) is 10.4. The number of carbonyl (C=O) groups excluding carboxylic acids is 1. The Kier molecular flexibility index (Phi) is 4.69. The first kappa shape index (κ1) is 18.7. The molecular weight excluding hydrogens is 378 g/mol. The van der Waals surface area contributed by atoms with E-state index < -0.39 is 0 Å². The van der Waals surface area contributed by atoms with Crippen LogP contribution in [0.25, 0.3) is 11.3 Å². The number of carbonyl (C=O) groups is 1. The number of aromatic amines is 1. The van der Waals surface area contributed by atoms with Gasteiger partial charge < -0.3 is 14.4 Å². The molecule has 2 heterocycles. The van der Waals surface area contributed by atoms with Crippen LogP contribution in [0.1, 0.15) is 53.3 Å². The van der Waals surface area contributed by atoms with Crippen molar-refractivity contribution < 1.29 is 14.3 Å². The lowest BCUT2D eigenvalue weighted by atomic mass is 9.95. The van der Waals surface area contributed by atoms with E-state index in [1.807, 2.05) is 48.5 Å². The van der Waals surface area contributed by atoms with Gasteiger partial charge in [0.1, 0.15) is 5.69 Å². The highest BCUT2D eigenvalue weighted by molar-refractivity contribution is 6.00. The number of benzene rings is 2. The van der Waals surface area contributed by atoms with Gasteiger partial charge in [0.2, 0.25) is 0 Å². The molecule has 1 saturated carbocycles. The number of nitrogens with one attached hydrogen (secondary N) is 1. The average molecular weight is 403 g/mol. The van der Waals surface area contributed by atoms with Crippen LogP contribution in [-0.4, -0.2) is 41.3 Å². The lowest BCUT2D eigenvalue weighted by molar-refractivity contribution is 0.0660. The molecule has 154 valence electrons. The minimum atomic E-state index is -0.204. The van der Waals surface area contributed by atoms with Gasteiger partial charge in [-0.3, -0.25) is 9.89 Å². The monoisotopic (exact) mass is 403 g/mol. The number of rotatable bonds is 5. The summed E-state index contributed by atoms with van der Waals surface area (Å²) in [5.41, 5.74) is 4.39. The molecule has 30 heavy (non-hydrogen) atoms. The minimum absolute atomic E-state index is 0.0337. The number of methoxy groups -OCH3 is 2. The zero-order valence-electron chi connectivity index (χ0n) is 17.2. The van der Waals surface area contributed by atoms with E-state index in [0.29, 0.717) is 17.2 Å². The fourth-order valence-electron chi connectivity index (χ4n) is 4.89. The highest BCUT2D eigenvalue weighted by Crippen LogP contribution is 2.47. The molecule has 0 spiro atoms. The summed E-state index contributed by atoms with van der Waals surface area (Å²) in [6.45, 7) is 0. The van der Waals surface area contributed by atoms with Crippen molar-refractivity contribution in [3.8, 4) is 22.8 Å². The van der Waals surface area contributed by atoms with Crippen LogP contribution < -0.4 is 9.47 Å². The van der Waals surface area contributed by atoms with Crippen molar-refractivity contribution in [1.29, 1.82) is 0 Å². The highest BCUT2D eigenvalue weighted by Gasteiger charge is 2.45. The van der Waals surface area contributed by atoms with Gasteiger partial charge in [0.15, 0.2) is 11.5 Å². The number of amides is 1. The van der Waals surface area contributed by atoms with Gasteiger partial charge in [0.05, 0.1) is 26.0 Å². The second kappa shape index (κ2) is 7.52. The highest BCUT2D eigenvalue weighted by atomic mass is 16.5. The minimum Gasteiger partial charge on any atom is -0.493 e. The summed E-state index contributed by atoms with van der Waals surface area (Å²) in [5.74, 6) is 1.37. The SMILES string of the molecule is COc1ccc(C2c3c(-c4ccccc4)n[nH]c3C(=O)N2C2CCCC2)cc1OC. The van der Waals surface area contributed by atoms with Crippen LogP contribution in [0.3, 0.4) is 0 Å². The van der Waals surface area contributed by atoms with Gasteiger partial charge in [-0.25, -0.2) is 0 Å². The zero-order chi connectivity index (χ0) is 20.7. The van der Waals surface area contributed by atoms with Crippen LogP contribution in [0.2, 0.25) is 0 Å². The molecule has 5 rings (SSSR count). The standard InChI is InChI=1S/C24H25N3O3/c1-29-18-13-12-16(14-19(18)30-2)23-20-21(15-8-4-3-5-9-15)25-26-22(20)24(28)27(23)17-10-6-7-11-17/h3-5,8-9,12-14,17,23H,6-7,10-11H2,1-2H3,(H,25,26). The molecule has 0 bridgehead atoms. The summed E-state index contributed by atoms with van der Waals surface area (Å²) in [6.07, 6.45) is 4.39. The number of H-pyrrole nitrogens is 1. The van der Waals surface area contributed by atoms with Crippen LogP contribution in [0.5, 0.6) is 11.5 Å². The molecule has 3 aromatic rings. The molecule has 1 aliphatic carbocycles. The van der Waals surface area contributed by atoms with Crippen LogP contribution in [0.15, 0.2) is 48.5 Å². The van der Waals surface area contributed by atoms with Gasteiger partial charge in [0, 0.05) is 17.2 Å². The van der Waals surface area contributed by atoms with Gasteiger partial charge in [0.25, 0.3) is 5.91 Å². The molecule has 0 radical (unpaired) electrons. The van der Waals surface area contributed by atoms with Crippen LogP contribution in [-0.2, 0) is 0 Å². The Morgan fingerprint density at radius 3 is 2.43 bits per heavy atom. The molecule has 2 aromatic carbocycles. The number of ether oxygens (including phenoxy) is 2. The molecular formula is C24H25N3O3. The third-order valence-corrected chi connectivity index (χ3v) is 6.29. The summed E-state index contributed by atoms with van der Waals surface area (Å²) >= 11 is 0. The van der Waals surface area contributed by atoms with Gasteiger partial charge in [-0.2, -0.15) is 5.10 Å². The van der Waals surface area contributed by atoms with Crippen molar-refractivity contribution in [3.05, 3.63) is 65.4 Å². The van der Waals surface area contributed by atoms with Gasteiger partial charge >= 0.3 is 0 Å². The number of aromatic nitrogens is 2. The predicted octanol–water partition coefficient (Wildman–Crippen LogP) is 4.58. The second-order valence-corrected chi connectivity index (χ2v) is 7.89. The summed E-state index contributed by atoms with van der Waals surface area (Å²) in [7, 11) is 3.26. The fourth-order valence-corrected chi connectivity index (χ4v) is 4.89. The lowest BCUT2D eigenvalue weighted by Crippen LogP contribution is -2.37. The molecule has 6 nitrogen and oxygen atoms in total. The molecule has 2 aliphatic rings. The Morgan fingerprint density at radius 2 is 1.73 bits per heavy atom. The van der Waals surface area contributed by atoms with Gasteiger partial charge in [-0.05, 0) is 30.5 Å². The van der Waals surface area contributed by atoms with Crippen LogP contribution in [0, 0.1) is 0 Å². The van der Waals surface area contributed by atoms with Crippen molar-refractivity contribution in [2.45, 2.75) is 37.8 Å². The number of fused-ring (bicyclic) bond motifs is 1. The molecule has 1 N–H and O–H groups in total. The first-order valence-electron chi connectivity index (χ1n) is 10.4. The lowest BCUT2D eigenvalue weighted by Gasteiger charge is -2.32. The van der Waals surface area contributed by atoms with Crippen molar-refractivity contribution in [3.63, 3.8) is 0 Å². The molecule has 1 atom stereocenters. The van der Waals surface area contributed by atoms with Crippen LogP contribution in [0.4, 0.5) is 0 Å². The molecule has 1 fully saturated rings. The zero-order valence-corrected chi connectivity index (χ0v) is 17.2. The molecule has 1 unspecified atom stereocenters. The molecule has 1 aliphatic heterocycles. The van der Waals surface area contributed by atoms with Crippen molar-refractivity contribution >= 4 is 5.91 Å². The quantitative estimate of drug-likeness (QED) is 0.677. The van der Waals surface area contributed by atoms with E-state index in [2.05, 4.69) is 15.1 Å². The van der Waals surface area contributed by atoms with Crippen molar-refractivity contribution in [2.24, 2.45) is 0 Å². The largest absolute Gasteiger partial charge is 0.493 e. The Hall–Kier alpha value is -3.28.